The van der Waals surface area contributed by atoms with E-state index in [0.29, 0.717) is 9.59 Å². The van der Waals surface area contributed by atoms with Gasteiger partial charge in [-0.15, -0.1) is 5.10 Å². The molecule has 16 heteroatoms. The predicted molar refractivity (Wildman–Crippen MR) is 106 cm³/mol. The normalized spacial score (nSPS) is 13.5. The van der Waals surface area contributed by atoms with Crippen molar-refractivity contribution in [1.29, 1.82) is 0 Å². The standard InChI is InChI=1S/C17H14BrClF6N6O2/c18-14-26-12(27-30(14)6-5-16(20,21)22)8-31-15(33)29(7-11(32)17(23,24)25)13(28-31)9-1-3-10(19)4-2-9/h1-4,11,32H,5-8H2/t11-/m0/s1. The van der Waals surface area contributed by atoms with Crippen molar-refractivity contribution in [3.05, 3.63) is 50.3 Å². The molecule has 0 aliphatic rings. The Balaban J connectivity index is 1.95. The fourth-order valence-corrected chi connectivity index (χ4v) is 3.33. The summed E-state index contributed by atoms with van der Waals surface area (Å²) in [5, 5.41) is 17.7. The molecule has 0 aliphatic heterocycles. The Bertz CT molecular complexity index is 1170. The minimum Gasteiger partial charge on any atom is -0.382 e. The van der Waals surface area contributed by atoms with Crippen molar-refractivity contribution in [3.8, 4) is 11.4 Å². The number of hydrogen-bond donors (Lipinski definition) is 1. The van der Waals surface area contributed by atoms with E-state index in [1.54, 1.807) is 0 Å². The maximum atomic E-state index is 12.9. The molecule has 33 heavy (non-hydrogen) atoms. The average Bonchev–Trinajstić information content (AvgIpc) is 3.20. The molecule has 1 N–H and O–H groups in total. The maximum Gasteiger partial charge on any atom is 0.416 e. The van der Waals surface area contributed by atoms with Gasteiger partial charge in [-0.2, -0.15) is 31.4 Å². The van der Waals surface area contributed by atoms with Crippen LogP contribution in [0.3, 0.4) is 0 Å². The summed E-state index contributed by atoms with van der Waals surface area (Å²) in [5.74, 6) is -0.287. The van der Waals surface area contributed by atoms with E-state index in [-0.39, 0.29) is 21.9 Å². The molecule has 2 aromatic heterocycles. The molecular formula is C17H14BrClF6N6O2. The topological polar surface area (TPSA) is 90.8 Å². The Morgan fingerprint density at radius 3 is 2.27 bits per heavy atom. The highest BCUT2D eigenvalue weighted by Crippen LogP contribution is 2.24. The molecular weight excluding hydrogens is 550 g/mol. The van der Waals surface area contributed by atoms with Gasteiger partial charge in [0.2, 0.25) is 0 Å². The summed E-state index contributed by atoms with van der Waals surface area (Å²) in [5.41, 5.74) is -0.763. The Kier molecular flexibility index (Phi) is 7.24. The molecule has 0 spiro atoms. The number of rotatable bonds is 7. The van der Waals surface area contributed by atoms with Gasteiger partial charge in [-0.3, -0.25) is 4.57 Å². The van der Waals surface area contributed by atoms with Crippen molar-refractivity contribution in [3.63, 3.8) is 0 Å². The lowest BCUT2D eigenvalue weighted by atomic mass is 10.2. The van der Waals surface area contributed by atoms with Crippen LogP contribution in [0.1, 0.15) is 12.2 Å². The SMILES string of the molecule is O=c1n(Cc2nc(Br)n(CCC(F)(F)F)n2)nc(-c2ccc(Cl)cc2)n1C[C@H](O)C(F)(F)F. The van der Waals surface area contributed by atoms with Crippen LogP contribution in [-0.4, -0.2) is 52.7 Å². The number of benzene rings is 1. The van der Waals surface area contributed by atoms with E-state index >= 15 is 0 Å². The number of alkyl halides is 6. The summed E-state index contributed by atoms with van der Waals surface area (Å²) < 4.78 is 78.3. The van der Waals surface area contributed by atoms with E-state index < -0.39 is 50.2 Å². The fourth-order valence-electron chi connectivity index (χ4n) is 2.74. The lowest BCUT2D eigenvalue weighted by Gasteiger charge is -2.15. The zero-order chi connectivity index (χ0) is 24.6. The lowest BCUT2D eigenvalue weighted by Crippen LogP contribution is -2.37. The first-order valence-electron chi connectivity index (χ1n) is 9.09. The Morgan fingerprint density at radius 1 is 1.06 bits per heavy atom. The number of aliphatic hydroxyl groups is 1. The Hall–Kier alpha value is -2.39. The summed E-state index contributed by atoms with van der Waals surface area (Å²) in [4.78, 5) is 16.7. The molecule has 0 bridgehead atoms. The number of aryl methyl sites for hydroxylation is 1. The summed E-state index contributed by atoms with van der Waals surface area (Å²) in [6, 6.07) is 5.72. The zero-order valence-electron chi connectivity index (χ0n) is 16.3. The van der Waals surface area contributed by atoms with Crippen LogP contribution in [0.15, 0.2) is 33.8 Å². The van der Waals surface area contributed by atoms with Gasteiger partial charge in [0, 0.05) is 10.6 Å². The van der Waals surface area contributed by atoms with E-state index in [0.717, 1.165) is 9.36 Å². The van der Waals surface area contributed by atoms with Crippen LogP contribution in [0.25, 0.3) is 11.4 Å². The number of hydrogen-bond acceptors (Lipinski definition) is 5. The van der Waals surface area contributed by atoms with E-state index in [4.69, 9.17) is 11.6 Å². The summed E-state index contributed by atoms with van der Waals surface area (Å²) >= 11 is 8.79. The van der Waals surface area contributed by atoms with Crippen molar-refractivity contribution in [2.24, 2.45) is 0 Å². The fraction of sp³-hybridized carbons (Fsp3) is 0.412. The first kappa shape index (κ1) is 25.2. The molecule has 8 nitrogen and oxygen atoms in total. The van der Waals surface area contributed by atoms with Gasteiger partial charge in [0.25, 0.3) is 0 Å². The molecule has 0 unspecified atom stereocenters. The van der Waals surface area contributed by atoms with Crippen molar-refractivity contribution >= 4 is 27.5 Å². The molecule has 2 heterocycles. The van der Waals surface area contributed by atoms with Gasteiger partial charge < -0.3 is 5.11 Å². The molecule has 1 aromatic carbocycles. The monoisotopic (exact) mass is 562 g/mol. The highest BCUT2D eigenvalue weighted by Gasteiger charge is 2.39. The minimum absolute atomic E-state index is 0.0281. The van der Waals surface area contributed by atoms with Crippen LogP contribution in [0.2, 0.25) is 5.02 Å². The van der Waals surface area contributed by atoms with Crippen LogP contribution in [0, 0.1) is 0 Å². The summed E-state index contributed by atoms with van der Waals surface area (Å²) in [6.45, 7) is -2.10. The highest BCUT2D eigenvalue weighted by molar-refractivity contribution is 9.10. The molecule has 0 fully saturated rings. The van der Waals surface area contributed by atoms with Crippen molar-refractivity contribution in [2.45, 2.75) is 44.5 Å². The Labute approximate surface area is 194 Å². The minimum atomic E-state index is -4.98. The largest absolute Gasteiger partial charge is 0.416 e. The van der Waals surface area contributed by atoms with Crippen LogP contribution < -0.4 is 5.69 Å². The molecule has 0 radical (unpaired) electrons. The van der Waals surface area contributed by atoms with Crippen LogP contribution >= 0.6 is 27.5 Å². The van der Waals surface area contributed by atoms with Crippen molar-refractivity contribution < 1.29 is 31.4 Å². The number of aromatic nitrogens is 6. The summed E-state index contributed by atoms with van der Waals surface area (Å²) in [6.07, 6.45) is -13.4. The number of nitrogens with zero attached hydrogens (tertiary/aromatic N) is 6. The lowest BCUT2D eigenvalue weighted by molar-refractivity contribution is -0.207. The van der Waals surface area contributed by atoms with Crippen LogP contribution in [-0.2, 0) is 19.6 Å². The molecule has 0 saturated carbocycles. The van der Waals surface area contributed by atoms with Gasteiger partial charge in [0.1, 0.15) is 6.54 Å². The molecule has 3 aromatic rings. The van der Waals surface area contributed by atoms with Gasteiger partial charge in [-0.25, -0.2) is 19.1 Å². The summed E-state index contributed by atoms with van der Waals surface area (Å²) in [7, 11) is 0. The third kappa shape index (κ3) is 6.35. The van der Waals surface area contributed by atoms with E-state index in [9.17, 15) is 36.2 Å². The Morgan fingerprint density at radius 2 is 1.70 bits per heavy atom. The zero-order valence-corrected chi connectivity index (χ0v) is 18.6. The first-order valence-corrected chi connectivity index (χ1v) is 10.3. The first-order chi connectivity index (χ1) is 15.2. The van der Waals surface area contributed by atoms with Gasteiger partial charge in [-0.05, 0) is 40.2 Å². The number of aliphatic hydroxyl groups excluding tert-OH is 1. The van der Waals surface area contributed by atoms with Crippen LogP contribution in [0.4, 0.5) is 26.3 Å². The third-order valence-corrected chi connectivity index (χ3v) is 5.17. The van der Waals surface area contributed by atoms with Crippen LogP contribution in [0.5, 0.6) is 0 Å². The highest BCUT2D eigenvalue weighted by atomic mass is 79.9. The molecule has 0 saturated heterocycles. The van der Waals surface area contributed by atoms with Gasteiger partial charge in [0.15, 0.2) is 22.5 Å². The maximum absolute atomic E-state index is 12.9. The van der Waals surface area contributed by atoms with Crippen molar-refractivity contribution in [2.75, 3.05) is 0 Å². The van der Waals surface area contributed by atoms with Gasteiger partial charge >= 0.3 is 18.0 Å². The second-order valence-electron chi connectivity index (χ2n) is 6.82. The van der Waals surface area contributed by atoms with Crippen molar-refractivity contribution in [1.82, 2.24) is 29.1 Å². The molecule has 180 valence electrons. The predicted octanol–water partition coefficient (Wildman–Crippen LogP) is 3.64. The third-order valence-electron chi connectivity index (χ3n) is 4.33. The average molecular weight is 564 g/mol. The van der Waals surface area contributed by atoms with E-state index in [1.807, 2.05) is 0 Å². The second-order valence-corrected chi connectivity index (χ2v) is 7.97. The molecule has 3 rings (SSSR count). The van der Waals surface area contributed by atoms with E-state index in [1.165, 1.54) is 24.3 Å². The second kappa shape index (κ2) is 9.46. The smallest absolute Gasteiger partial charge is 0.382 e. The quantitative estimate of drug-likeness (QED) is 0.444. The molecule has 0 amide bonds. The molecule has 1 atom stereocenters. The molecule has 0 aliphatic carbocycles. The number of halogens is 8. The van der Waals surface area contributed by atoms with Gasteiger partial charge in [0.05, 0.1) is 19.5 Å². The van der Waals surface area contributed by atoms with E-state index in [2.05, 4.69) is 31.1 Å². The van der Waals surface area contributed by atoms with Gasteiger partial charge in [-0.1, -0.05) is 11.6 Å².